The molecule has 2 aromatic heterocycles. The molecule has 0 unspecified atom stereocenters. The molecule has 2 aromatic rings. The Morgan fingerprint density at radius 3 is 2.76 bits per heavy atom. The maximum atomic E-state index is 5.00. The van der Waals surface area contributed by atoms with Gasteiger partial charge in [0.15, 0.2) is 0 Å². The quantitative estimate of drug-likeness (QED) is 0.862. The van der Waals surface area contributed by atoms with Crippen LogP contribution in [0.25, 0.3) is 0 Å². The highest BCUT2D eigenvalue weighted by Crippen LogP contribution is 2.10. The summed E-state index contributed by atoms with van der Waals surface area (Å²) in [4.78, 5) is 12.7. The topological polar surface area (TPSA) is 59.9 Å². The van der Waals surface area contributed by atoms with Crippen LogP contribution in [0.15, 0.2) is 30.6 Å². The number of hydrogen-bond donors (Lipinski definition) is 1. The van der Waals surface area contributed by atoms with Gasteiger partial charge in [-0.25, -0.2) is 15.0 Å². The number of nitrogens with one attached hydrogen (secondary N) is 1. The molecule has 0 aliphatic rings. The Labute approximate surface area is 99.9 Å². The molecular formula is C12H14N4O. The van der Waals surface area contributed by atoms with Crippen molar-refractivity contribution in [1.82, 2.24) is 15.0 Å². The molecule has 0 aliphatic heterocycles. The predicted molar refractivity (Wildman–Crippen MR) is 65.2 cm³/mol. The van der Waals surface area contributed by atoms with Gasteiger partial charge in [-0.2, -0.15) is 0 Å². The number of nitrogens with zero attached hydrogens (tertiary/aromatic N) is 3. The van der Waals surface area contributed by atoms with E-state index in [0.29, 0.717) is 12.3 Å². The number of methoxy groups -OCH3 is 1. The van der Waals surface area contributed by atoms with E-state index in [1.165, 1.54) is 0 Å². The molecule has 0 saturated carbocycles. The maximum Gasteiger partial charge on any atom is 0.212 e. The van der Waals surface area contributed by atoms with Crippen molar-refractivity contribution in [1.29, 1.82) is 0 Å². The van der Waals surface area contributed by atoms with Gasteiger partial charge in [0.2, 0.25) is 5.88 Å². The molecule has 88 valence electrons. The third kappa shape index (κ3) is 2.90. The smallest absolute Gasteiger partial charge is 0.212 e. The number of pyridine rings is 1. The molecule has 2 heterocycles. The van der Waals surface area contributed by atoms with E-state index in [4.69, 9.17) is 4.74 Å². The normalized spacial score (nSPS) is 10.0. The zero-order valence-corrected chi connectivity index (χ0v) is 9.84. The summed E-state index contributed by atoms with van der Waals surface area (Å²) >= 11 is 0. The Morgan fingerprint density at radius 2 is 2.12 bits per heavy atom. The summed E-state index contributed by atoms with van der Waals surface area (Å²) in [5, 5.41) is 2.98. The van der Waals surface area contributed by atoms with Crippen molar-refractivity contribution in [2.75, 3.05) is 19.5 Å². The van der Waals surface area contributed by atoms with Crippen LogP contribution in [0.3, 0.4) is 0 Å². The van der Waals surface area contributed by atoms with Crippen LogP contribution < -0.4 is 10.1 Å². The van der Waals surface area contributed by atoms with Gasteiger partial charge >= 0.3 is 0 Å². The molecule has 0 atom stereocenters. The van der Waals surface area contributed by atoms with Gasteiger partial charge in [0, 0.05) is 31.9 Å². The fraction of sp³-hybridized carbons (Fsp3) is 0.250. The van der Waals surface area contributed by atoms with Crippen LogP contribution >= 0.6 is 0 Å². The van der Waals surface area contributed by atoms with E-state index in [1.807, 2.05) is 25.2 Å². The monoisotopic (exact) mass is 230 g/mol. The molecule has 17 heavy (non-hydrogen) atoms. The molecule has 0 fully saturated rings. The van der Waals surface area contributed by atoms with Crippen LogP contribution in [-0.2, 0) is 6.42 Å². The third-order valence-electron chi connectivity index (χ3n) is 2.33. The second kappa shape index (κ2) is 5.25. The molecule has 2 rings (SSSR count). The Morgan fingerprint density at radius 1 is 1.24 bits per heavy atom. The first kappa shape index (κ1) is 11.3. The fourth-order valence-electron chi connectivity index (χ4n) is 1.44. The highest BCUT2D eigenvalue weighted by molar-refractivity contribution is 5.32. The van der Waals surface area contributed by atoms with Gasteiger partial charge in [-0.05, 0) is 11.6 Å². The molecule has 0 saturated heterocycles. The van der Waals surface area contributed by atoms with Crippen molar-refractivity contribution in [2.45, 2.75) is 6.42 Å². The average Bonchev–Trinajstić information content (AvgIpc) is 2.40. The number of anilines is 1. The number of hydrogen-bond acceptors (Lipinski definition) is 5. The highest BCUT2D eigenvalue weighted by Gasteiger charge is 2.01. The lowest BCUT2D eigenvalue weighted by atomic mass is 10.2. The lowest BCUT2D eigenvalue weighted by molar-refractivity contribution is 0.397. The van der Waals surface area contributed by atoms with E-state index in [0.717, 1.165) is 17.2 Å². The highest BCUT2D eigenvalue weighted by atomic mass is 16.5. The fourth-order valence-corrected chi connectivity index (χ4v) is 1.44. The van der Waals surface area contributed by atoms with Crippen LogP contribution in [0.5, 0.6) is 5.88 Å². The molecule has 0 radical (unpaired) electrons. The van der Waals surface area contributed by atoms with Crippen LogP contribution in [0.4, 0.5) is 5.82 Å². The van der Waals surface area contributed by atoms with E-state index in [2.05, 4.69) is 20.3 Å². The van der Waals surface area contributed by atoms with E-state index in [9.17, 15) is 0 Å². The molecule has 0 spiro atoms. The Kier molecular flexibility index (Phi) is 3.49. The van der Waals surface area contributed by atoms with E-state index >= 15 is 0 Å². The minimum Gasteiger partial charge on any atom is -0.481 e. The van der Waals surface area contributed by atoms with Gasteiger partial charge in [-0.3, -0.25) is 0 Å². The number of ether oxygens (including phenoxy) is 1. The third-order valence-corrected chi connectivity index (χ3v) is 2.33. The lowest BCUT2D eigenvalue weighted by Gasteiger charge is -2.03. The van der Waals surface area contributed by atoms with Gasteiger partial charge in [-0.1, -0.05) is 6.07 Å². The summed E-state index contributed by atoms with van der Waals surface area (Å²) < 4.78 is 5.00. The summed E-state index contributed by atoms with van der Waals surface area (Å²) in [5.74, 6) is 2.19. The first-order valence-corrected chi connectivity index (χ1v) is 5.30. The first-order chi connectivity index (χ1) is 8.31. The minimum atomic E-state index is 0.610. The standard InChI is InChI=1S/C12H14N4O/c1-13-10-5-6-14-11(16-10)7-9-3-4-12(17-2)15-8-9/h3-6,8H,7H2,1-2H3,(H,13,14,16). The van der Waals surface area contributed by atoms with Crippen molar-refractivity contribution in [3.8, 4) is 5.88 Å². The molecule has 0 bridgehead atoms. The summed E-state index contributed by atoms with van der Waals surface area (Å²) in [6.07, 6.45) is 4.17. The molecule has 0 aliphatic carbocycles. The Bertz CT molecular complexity index is 484. The summed E-state index contributed by atoms with van der Waals surface area (Å²) in [6.45, 7) is 0. The van der Waals surface area contributed by atoms with Crippen molar-refractivity contribution >= 4 is 5.82 Å². The average molecular weight is 230 g/mol. The maximum absolute atomic E-state index is 5.00. The van der Waals surface area contributed by atoms with E-state index in [1.54, 1.807) is 19.5 Å². The zero-order chi connectivity index (χ0) is 12.1. The first-order valence-electron chi connectivity index (χ1n) is 5.30. The molecule has 0 amide bonds. The molecule has 5 heteroatoms. The van der Waals surface area contributed by atoms with Crippen LogP contribution in [0.2, 0.25) is 0 Å². The largest absolute Gasteiger partial charge is 0.481 e. The zero-order valence-electron chi connectivity index (χ0n) is 9.84. The number of rotatable bonds is 4. The van der Waals surface area contributed by atoms with Crippen molar-refractivity contribution in [2.24, 2.45) is 0 Å². The van der Waals surface area contributed by atoms with Crippen LogP contribution in [-0.4, -0.2) is 29.1 Å². The molecule has 5 nitrogen and oxygen atoms in total. The van der Waals surface area contributed by atoms with Gasteiger partial charge in [0.1, 0.15) is 11.6 Å². The van der Waals surface area contributed by atoms with Gasteiger partial charge < -0.3 is 10.1 Å². The predicted octanol–water partition coefficient (Wildman–Crippen LogP) is 1.51. The van der Waals surface area contributed by atoms with E-state index < -0.39 is 0 Å². The lowest BCUT2D eigenvalue weighted by Crippen LogP contribution is -2.00. The summed E-state index contributed by atoms with van der Waals surface area (Å²) in [5.41, 5.74) is 1.05. The molecule has 0 aromatic carbocycles. The molecule has 1 N–H and O–H groups in total. The summed E-state index contributed by atoms with van der Waals surface area (Å²) in [7, 11) is 3.43. The van der Waals surface area contributed by atoms with Crippen molar-refractivity contribution < 1.29 is 4.74 Å². The van der Waals surface area contributed by atoms with E-state index in [-0.39, 0.29) is 0 Å². The van der Waals surface area contributed by atoms with Crippen LogP contribution in [0.1, 0.15) is 11.4 Å². The SMILES string of the molecule is CNc1ccnc(Cc2ccc(OC)nc2)n1. The van der Waals surface area contributed by atoms with Crippen molar-refractivity contribution in [3.05, 3.63) is 42.0 Å². The van der Waals surface area contributed by atoms with Gasteiger partial charge in [-0.15, -0.1) is 0 Å². The second-order valence-electron chi connectivity index (χ2n) is 3.49. The van der Waals surface area contributed by atoms with Gasteiger partial charge in [0.05, 0.1) is 7.11 Å². The van der Waals surface area contributed by atoms with Crippen LogP contribution in [0, 0.1) is 0 Å². The Hall–Kier alpha value is -2.17. The Balaban J connectivity index is 2.13. The van der Waals surface area contributed by atoms with Crippen molar-refractivity contribution in [3.63, 3.8) is 0 Å². The van der Waals surface area contributed by atoms with Gasteiger partial charge in [0.25, 0.3) is 0 Å². The molecular weight excluding hydrogens is 216 g/mol. The second-order valence-corrected chi connectivity index (χ2v) is 3.49. The minimum absolute atomic E-state index is 0.610. The summed E-state index contributed by atoms with van der Waals surface area (Å²) in [6, 6.07) is 5.62. The number of aromatic nitrogens is 3.